The first-order valence-electron chi connectivity index (χ1n) is 10.3. The summed E-state index contributed by atoms with van der Waals surface area (Å²) in [5, 5.41) is 0.964. The summed E-state index contributed by atoms with van der Waals surface area (Å²) in [6.45, 7) is 8.66. The molecule has 0 spiro atoms. The minimum atomic E-state index is -1.34. The molecule has 1 aliphatic heterocycles. The van der Waals surface area contributed by atoms with Crippen LogP contribution in [-0.4, -0.2) is 63.0 Å². The molecule has 1 atom stereocenters. The Morgan fingerprint density at radius 2 is 2.00 bits per heavy atom. The van der Waals surface area contributed by atoms with Crippen LogP contribution in [0, 0.1) is 12.3 Å². The Hall–Kier alpha value is -2.56. The third kappa shape index (κ3) is 4.60. The molecule has 6 nitrogen and oxygen atoms in total. The number of hydrogen-bond acceptors (Lipinski definition) is 5. The van der Waals surface area contributed by atoms with Crippen molar-refractivity contribution in [3.63, 3.8) is 0 Å². The van der Waals surface area contributed by atoms with Gasteiger partial charge in [0.1, 0.15) is 5.92 Å². The topological polar surface area (TPSA) is 60.8 Å². The highest BCUT2D eigenvalue weighted by Crippen LogP contribution is 2.35. The summed E-state index contributed by atoms with van der Waals surface area (Å²) < 4.78 is 12.4. The van der Waals surface area contributed by atoms with Gasteiger partial charge in [0, 0.05) is 32.2 Å². The van der Waals surface area contributed by atoms with Gasteiger partial charge in [-0.05, 0) is 24.1 Å². The SMILES string of the molecule is C#CCN1CCc2c(n(C(=O)OCC[Si](C)(C)C)c3ccccc23)[C@@H](C(=O)OC)C1. The van der Waals surface area contributed by atoms with Crippen LogP contribution < -0.4 is 0 Å². The van der Waals surface area contributed by atoms with Crippen LogP contribution in [0.2, 0.25) is 25.7 Å². The Labute approximate surface area is 179 Å². The molecule has 0 saturated carbocycles. The number of rotatable bonds is 5. The van der Waals surface area contributed by atoms with E-state index in [1.165, 1.54) is 7.11 Å². The van der Waals surface area contributed by atoms with Crippen molar-refractivity contribution in [1.82, 2.24) is 9.47 Å². The van der Waals surface area contributed by atoms with E-state index in [2.05, 4.69) is 30.5 Å². The van der Waals surface area contributed by atoms with Crippen LogP contribution in [0.4, 0.5) is 4.79 Å². The molecule has 0 fully saturated rings. The predicted octanol–water partition coefficient (Wildman–Crippen LogP) is 3.71. The number of methoxy groups -OCH3 is 1. The quantitative estimate of drug-likeness (QED) is 0.414. The third-order valence-electron chi connectivity index (χ3n) is 5.53. The van der Waals surface area contributed by atoms with Gasteiger partial charge in [-0.15, -0.1) is 6.42 Å². The Balaban J connectivity index is 2.09. The smallest absolute Gasteiger partial charge is 0.418 e. The van der Waals surface area contributed by atoms with Crippen molar-refractivity contribution in [2.45, 2.75) is 38.0 Å². The fraction of sp³-hybridized carbons (Fsp3) is 0.478. The van der Waals surface area contributed by atoms with Crippen LogP contribution in [-0.2, 0) is 20.7 Å². The second-order valence-electron chi connectivity index (χ2n) is 8.91. The number of benzene rings is 1. The van der Waals surface area contributed by atoms with Crippen molar-refractivity contribution in [1.29, 1.82) is 0 Å². The summed E-state index contributed by atoms with van der Waals surface area (Å²) in [5.41, 5.74) is 2.42. The molecule has 2 heterocycles. The zero-order chi connectivity index (χ0) is 21.9. The van der Waals surface area contributed by atoms with Gasteiger partial charge < -0.3 is 9.47 Å². The lowest BCUT2D eigenvalue weighted by Crippen LogP contribution is -2.33. The highest BCUT2D eigenvalue weighted by molar-refractivity contribution is 6.76. The lowest BCUT2D eigenvalue weighted by Gasteiger charge is -2.22. The Morgan fingerprint density at radius 1 is 1.27 bits per heavy atom. The summed E-state index contributed by atoms with van der Waals surface area (Å²) >= 11 is 0. The number of terminal acetylenes is 1. The van der Waals surface area contributed by atoms with Gasteiger partial charge in [0.05, 0.1) is 25.8 Å². The molecular weight excluding hydrogens is 396 g/mol. The van der Waals surface area contributed by atoms with Gasteiger partial charge in [-0.2, -0.15) is 0 Å². The maximum absolute atomic E-state index is 13.2. The van der Waals surface area contributed by atoms with Crippen LogP contribution in [0.3, 0.4) is 0 Å². The first kappa shape index (κ1) is 22.1. The molecule has 1 aromatic heterocycles. The number of carbonyl (C=O) groups is 2. The molecule has 1 aliphatic rings. The van der Waals surface area contributed by atoms with Crippen molar-refractivity contribution >= 4 is 31.0 Å². The van der Waals surface area contributed by atoms with Gasteiger partial charge in [-0.1, -0.05) is 43.8 Å². The van der Waals surface area contributed by atoms with E-state index >= 15 is 0 Å². The summed E-state index contributed by atoms with van der Waals surface area (Å²) in [7, 11) is 0.0320. The van der Waals surface area contributed by atoms with Crippen LogP contribution in [0.15, 0.2) is 24.3 Å². The molecule has 1 aromatic carbocycles. The number of carbonyl (C=O) groups excluding carboxylic acids is 2. The first-order valence-corrected chi connectivity index (χ1v) is 14.0. The fourth-order valence-corrected chi connectivity index (χ4v) is 4.68. The summed E-state index contributed by atoms with van der Waals surface area (Å²) in [6, 6.07) is 8.62. The normalized spacial score (nSPS) is 17.1. The second-order valence-corrected chi connectivity index (χ2v) is 14.5. The van der Waals surface area contributed by atoms with Gasteiger partial charge in [0.25, 0.3) is 0 Å². The molecule has 0 bridgehead atoms. The second kappa shape index (κ2) is 9.07. The summed E-state index contributed by atoms with van der Waals surface area (Å²) in [4.78, 5) is 28.0. The monoisotopic (exact) mass is 426 g/mol. The molecule has 0 N–H and O–H groups in total. The van der Waals surface area contributed by atoms with Crippen molar-refractivity contribution in [3.8, 4) is 12.3 Å². The van der Waals surface area contributed by atoms with Crippen molar-refractivity contribution in [2.75, 3.05) is 33.4 Å². The highest BCUT2D eigenvalue weighted by atomic mass is 28.3. The minimum Gasteiger partial charge on any atom is -0.468 e. The van der Waals surface area contributed by atoms with E-state index in [9.17, 15) is 9.59 Å². The zero-order valence-corrected chi connectivity index (χ0v) is 19.2. The van der Waals surface area contributed by atoms with Gasteiger partial charge in [0.2, 0.25) is 0 Å². The first-order chi connectivity index (χ1) is 14.3. The van der Waals surface area contributed by atoms with Gasteiger partial charge in [0.15, 0.2) is 0 Å². The molecule has 0 unspecified atom stereocenters. The van der Waals surface area contributed by atoms with E-state index in [4.69, 9.17) is 15.9 Å². The lowest BCUT2D eigenvalue weighted by molar-refractivity contribution is -0.143. The molecule has 0 amide bonds. The van der Waals surface area contributed by atoms with E-state index in [1.54, 1.807) is 4.57 Å². The molecule has 30 heavy (non-hydrogen) atoms. The molecule has 160 valence electrons. The number of esters is 1. The predicted molar refractivity (Wildman–Crippen MR) is 121 cm³/mol. The van der Waals surface area contributed by atoms with Crippen LogP contribution in [0.5, 0.6) is 0 Å². The maximum Gasteiger partial charge on any atom is 0.418 e. The summed E-state index contributed by atoms with van der Waals surface area (Å²) in [6.07, 6.45) is 5.77. The third-order valence-corrected chi connectivity index (χ3v) is 7.23. The average molecular weight is 427 g/mol. The van der Waals surface area contributed by atoms with E-state index < -0.39 is 20.1 Å². The molecule has 0 saturated heterocycles. The molecular formula is C23H30N2O4Si. The van der Waals surface area contributed by atoms with E-state index in [0.29, 0.717) is 38.4 Å². The number of fused-ring (bicyclic) bond motifs is 3. The molecule has 7 heteroatoms. The van der Waals surface area contributed by atoms with Gasteiger partial charge >= 0.3 is 12.1 Å². The van der Waals surface area contributed by atoms with Crippen molar-refractivity contribution in [3.05, 3.63) is 35.5 Å². The maximum atomic E-state index is 13.2. The summed E-state index contributed by atoms with van der Waals surface area (Å²) in [5.74, 6) is 1.67. The number of ether oxygens (including phenoxy) is 2. The number of aromatic nitrogens is 1. The molecule has 0 aliphatic carbocycles. The van der Waals surface area contributed by atoms with Crippen molar-refractivity contribution in [2.24, 2.45) is 0 Å². The van der Waals surface area contributed by atoms with Crippen LogP contribution in [0.25, 0.3) is 10.9 Å². The van der Waals surface area contributed by atoms with Crippen LogP contribution in [0.1, 0.15) is 17.2 Å². The van der Waals surface area contributed by atoms with E-state index in [0.717, 1.165) is 22.5 Å². The Morgan fingerprint density at radius 3 is 2.67 bits per heavy atom. The van der Waals surface area contributed by atoms with Gasteiger partial charge in [-0.25, -0.2) is 9.36 Å². The van der Waals surface area contributed by atoms with Gasteiger partial charge in [-0.3, -0.25) is 9.69 Å². The Bertz CT molecular complexity index is 983. The van der Waals surface area contributed by atoms with E-state index in [1.807, 2.05) is 24.3 Å². The number of hydrogen-bond donors (Lipinski definition) is 0. The Kier molecular flexibility index (Phi) is 6.69. The standard InChI is InChI=1S/C23H30N2O4Si/c1-6-12-24-13-11-18-17-9-7-8-10-20(17)25(21(18)19(16-24)22(26)28-2)23(27)29-14-15-30(3,4)5/h1,7-10,19H,11-16H2,2-5H3/t19-/m0/s1. The zero-order valence-electron chi connectivity index (χ0n) is 18.2. The van der Waals surface area contributed by atoms with Crippen LogP contribution >= 0.6 is 0 Å². The lowest BCUT2D eigenvalue weighted by atomic mass is 9.99. The average Bonchev–Trinajstić information content (AvgIpc) is 2.91. The minimum absolute atomic E-state index is 0.376. The number of para-hydroxylation sites is 1. The number of nitrogens with zero attached hydrogens (tertiary/aromatic N) is 2. The fourth-order valence-electron chi connectivity index (χ4n) is 3.97. The molecule has 3 rings (SSSR count). The molecule has 0 radical (unpaired) electrons. The molecule has 2 aromatic rings. The highest BCUT2D eigenvalue weighted by Gasteiger charge is 2.36. The van der Waals surface area contributed by atoms with Crippen molar-refractivity contribution < 1.29 is 19.1 Å². The largest absolute Gasteiger partial charge is 0.468 e. The van der Waals surface area contributed by atoms with E-state index in [-0.39, 0.29) is 5.97 Å².